The summed E-state index contributed by atoms with van der Waals surface area (Å²) in [6.07, 6.45) is 3.60. The molecular weight excluding hydrogens is 436 g/mol. The van der Waals surface area contributed by atoms with Crippen molar-refractivity contribution in [2.75, 3.05) is 0 Å². The van der Waals surface area contributed by atoms with Gasteiger partial charge in [0.05, 0.1) is 25.3 Å². The van der Waals surface area contributed by atoms with Gasteiger partial charge in [-0.25, -0.2) is 30.2 Å². The lowest BCUT2D eigenvalue weighted by Crippen LogP contribution is -2.35. The molecule has 1 aliphatic carbocycles. The zero-order chi connectivity index (χ0) is 22.6. The van der Waals surface area contributed by atoms with Gasteiger partial charge in [0, 0.05) is 34.7 Å². The zero-order valence-corrected chi connectivity index (χ0v) is 18.8. The molecule has 0 radical (unpaired) electrons. The number of hydrogen-bond acceptors (Lipinski definition) is 6. The molecule has 1 saturated carbocycles. The molecule has 0 amide bonds. The average Bonchev–Trinajstić information content (AvgIpc) is 3.34. The van der Waals surface area contributed by atoms with Gasteiger partial charge in [0.2, 0.25) is 0 Å². The van der Waals surface area contributed by atoms with Crippen LogP contribution in [0.25, 0.3) is 9.69 Å². The summed E-state index contributed by atoms with van der Waals surface area (Å²) in [6, 6.07) is 8.35. The van der Waals surface area contributed by atoms with Crippen LogP contribution in [-0.2, 0) is 0 Å². The summed E-state index contributed by atoms with van der Waals surface area (Å²) in [5.74, 6) is -0.564. The highest BCUT2D eigenvalue weighted by Crippen LogP contribution is 2.65. The van der Waals surface area contributed by atoms with Crippen molar-refractivity contribution < 1.29 is 0 Å². The summed E-state index contributed by atoms with van der Waals surface area (Å²) in [4.78, 5) is 16.4. The minimum Gasteiger partial charge on any atom is -0.249 e. The second-order valence-corrected chi connectivity index (χ2v) is 10.2. The number of aryl methyl sites for hydroxylation is 2. The third-order valence-corrected chi connectivity index (χ3v) is 8.74. The maximum atomic E-state index is 9.87. The van der Waals surface area contributed by atoms with E-state index in [1.165, 1.54) is 23.5 Å². The van der Waals surface area contributed by atoms with E-state index in [4.69, 9.17) is 13.1 Å². The maximum absolute atomic E-state index is 9.87. The van der Waals surface area contributed by atoms with Gasteiger partial charge >= 0.3 is 0 Å². The minimum atomic E-state index is -0.282. The standard InChI is InChI=1S/C24H14N6S2/c1-11-5-13-17-19(15(7-25)27-3)22-18(14-6-12(2)10-30-24(14)32-22)20(16(8-26)28-4)21(17)31-23(13)29-9-11/h5-6,9-10,17-18,21-22H,1-2H3/b19-15-,20-16+. The quantitative estimate of drug-likeness (QED) is 0.399. The number of allylic oxidation sites excluding steroid dienone is 2. The Hall–Kier alpha value is -3.56. The van der Waals surface area contributed by atoms with Crippen LogP contribution in [0.1, 0.15) is 34.1 Å². The zero-order valence-electron chi connectivity index (χ0n) is 17.1. The largest absolute Gasteiger partial charge is 0.262 e. The number of pyridine rings is 2. The number of hydrogen-bond donors (Lipinski definition) is 0. The Kier molecular flexibility index (Phi) is 4.79. The average molecular weight is 451 g/mol. The molecule has 0 bridgehead atoms. The normalized spacial score (nSPS) is 27.4. The first-order chi connectivity index (χ1) is 15.5. The van der Waals surface area contributed by atoms with E-state index in [-0.39, 0.29) is 33.7 Å². The SMILES string of the molecule is [C-]#[N+]/C(C#N)=C1\C2Sc3ncc(C)cc3C2/C(=C(/C#N)[N+]#[C-])C2Sc3ncc(C)cc3C12. The van der Waals surface area contributed by atoms with Gasteiger partial charge in [0.1, 0.15) is 10.1 Å². The van der Waals surface area contributed by atoms with Crippen molar-refractivity contribution in [1.29, 1.82) is 10.5 Å². The number of aromatic nitrogens is 2. The van der Waals surface area contributed by atoms with Crippen LogP contribution in [0.3, 0.4) is 0 Å². The molecule has 0 spiro atoms. The minimum absolute atomic E-state index is 0.0855. The van der Waals surface area contributed by atoms with Gasteiger partial charge in [-0.2, -0.15) is 0 Å². The van der Waals surface area contributed by atoms with Crippen LogP contribution in [0.4, 0.5) is 0 Å². The van der Waals surface area contributed by atoms with Gasteiger partial charge in [-0.05, 0) is 47.2 Å². The number of fused-ring (bicyclic) bond motifs is 6. The first-order valence-corrected chi connectivity index (χ1v) is 11.6. The molecule has 4 atom stereocenters. The second kappa shape index (κ2) is 7.54. The molecule has 4 unspecified atom stereocenters. The lowest BCUT2D eigenvalue weighted by atomic mass is 9.68. The lowest BCUT2D eigenvalue weighted by Gasteiger charge is -2.40. The Morgan fingerprint density at radius 2 is 1.25 bits per heavy atom. The van der Waals surface area contributed by atoms with Gasteiger partial charge in [-0.15, -0.1) is 0 Å². The van der Waals surface area contributed by atoms with Crippen molar-refractivity contribution in [3.8, 4) is 12.1 Å². The Balaban J connectivity index is 1.87. The fourth-order valence-corrected chi connectivity index (χ4v) is 7.86. The van der Waals surface area contributed by atoms with Crippen LogP contribution in [0, 0.1) is 49.7 Å². The highest BCUT2D eigenvalue weighted by atomic mass is 32.2. The molecule has 2 aromatic heterocycles. The number of nitrogens with zero attached hydrogens (tertiary/aromatic N) is 6. The molecule has 6 nitrogen and oxygen atoms in total. The van der Waals surface area contributed by atoms with Crippen LogP contribution < -0.4 is 0 Å². The predicted molar refractivity (Wildman–Crippen MR) is 121 cm³/mol. The highest BCUT2D eigenvalue weighted by molar-refractivity contribution is 8.01. The second-order valence-electron chi connectivity index (χ2n) is 7.90. The Morgan fingerprint density at radius 1 is 0.844 bits per heavy atom. The third-order valence-electron chi connectivity index (χ3n) is 6.05. The van der Waals surface area contributed by atoms with Crippen LogP contribution >= 0.6 is 23.5 Å². The molecule has 32 heavy (non-hydrogen) atoms. The Bertz CT molecular complexity index is 1280. The maximum Gasteiger partial charge on any atom is 0.262 e. The van der Waals surface area contributed by atoms with E-state index in [9.17, 15) is 10.5 Å². The van der Waals surface area contributed by atoms with E-state index in [0.29, 0.717) is 0 Å². The molecule has 8 heteroatoms. The molecule has 4 heterocycles. The van der Waals surface area contributed by atoms with Gasteiger partial charge in [0.15, 0.2) is 0 Å². The van der Waals surface area contributed by atoms with Crippen LogP contribution in [0.15, 0.2) is 57.1 Å². The molecule has 0 N–H and O–H groups in total. The lowest BCUT2D eigenvalue weighted by molar-refractivity contribution is 0.614. The number of thioether (sulfide) groups is 2. The van der Waals surface area contributed by atoms with Gasteiger partial charge in [-0.3, -0.25) is 0 Å². The fourth-order valence-electron chi connectivity index (χ4n) is 4.88. The predicted octanol–water partition coefficient (Wildman–Crippen LogP) is 5.32. The number of rotatable bonds is 0. The van der Waals surface area contributed by atoms with E-state index in [2.05, 4.69) is 43.9 Å². The highest BCUT2D eigenvalue weighted by Gasteiger charge is 2.55. The monoisotopic (exact) mass is 450 g/mol. The van der Waals surface area contributed by atoms with Crippen molar-refractivity contribution >= 4 is 23.5 Å². The molecule has 5 rings (SSSR count). The molecule has 2 aromatic rings. The molecule has 3 aliphatic rings. The number of nitriles is 2. The van der Waals surface area contributed by atoms with Crippen molar-refractivity contribution in [2.24, 2.45) is 0 Å². The first-order valence-electron chi connectivity index (χ1n) is 9.82. The molecule has 0 aromatic carbocycles. The van der Waals surface area contributed by atoms with Crippen molar-refractivity contribution in [3.63, 3.8) is 0 Å². The van der Waals surface area contributed by atoms with Crippen LogP contribution in [-0.4, -0.2) is 20.5 Å². The Labute approximate surface area is 194 Å². The topological polar surface area (TPSA) is 82.1 Å². The third kappa shape index (κ3) is 2.78. The summed E-state index contributed by atoms with van der Waals surface area (Å²) in [5, 5.41) is 20.9. The van der Waals surface area contributed by atoms with Crippen LogP contribution in [0.5, 0.6) is 0 Å². The van der Waals surface area contributed by atoms with Gasteiger partial charge in [0.25, 0.3) is 11.4 Å². The molecule has 2 aliphatic heterocycles. The molecular formula is C24H14N6S2. The summed E-state index contributed by atoms with van der Waals surface area (Å²) in [7, 11) is 0. The molecule has 1 fully saturated rings. The summed E-state index contributed by atoms with van der Waals surface area (Å²) < 4.78 is 0. The first kappa shape index (κ1) is 20.3. The van der Waals surface area contributed by atoms with E-state index >= 15 is 0 Å². The summed E-state index contributed by atoms with van der Waals surface area (Å²) >= 11 is 3.05. The van der Waals surface area contributed by atoms with Gasteiger partial charge < -0.3 is 0 Å². The van der Waals surface area contributed by atoms with Crippen molar-refractivity contribution in [3.05, 3.63) is 92.2 Å². The van der Waals surface area contributed by atoms with E-state index in [1.807, 2.05) is 13.8 Å². The van der Waals surface area contributed by atoms with Crippen LogP contribution in [0.2, 0.25) is 0 Å². The molecule has 0 saturated heterocycles. The van der Waals surface area contributed by atoms with Crippen molar-refractivity contribution in [1.82, 2.24) is 9.97 Å². The fraction of sp³-hybridized carbons (Fsp3) is 0.250. The van der Waals surface area contributed by atoms with E-state index < -0.39 is 0 Å². The van der Waals surface area contributed by atoms with Crippen molar-refractivity contribution in [2.45, 2.75) is 46.2 Å². The Morgan fingerprint density at radius 3 is 1.59 bits per heavy atom. The van der Waals surface area contributed by atoms with E-state index in [1.54, 1.807) is 12.4 Å². The smallest absolute Gasteiger partial charge is 0.249 e. The molecule has 152 valence electrons. The summed E-state index contributed by atoms with van der Waals surface area (Å²) in [5.41, 5.74) is 5.61. The van der Waals surface area contributed by atoms with Gasteiger partial charge in [-0.1, -0.05) is 35.7 Å². The van der Waals surface area contributed by atoms with E-state index in [0.717, 1.165) is 43.5 Å². The summed E-state index contributed by atoms with van der Waals surface area (Å²) in [6.45, 7) is 19.3.